The molecule has 0 saturated heterocycles. The molecule has 1 aromatic heterocycles. The molecule has 1 aliphatic rings. The summed E-state index contributed by atoms with van der Waals surface area (Å²) in [5.74, 6) is 1.48. The molecule has 1 fully saturated rings. The number of aliphatic hydroxyl groups is 1. The van der Waals surface area contributed by atoms with Gasteiger partial charge in [0, 0.05) is 25.8 Å². The fourth-order valence-electron chi connectivity index (χ4n) is 2.64. The van der Waals surface area contributed by atoms with Gasteiger partial charge >= 0.3 is 0 Å². The summed E-state index contributed by atoms with van der Waals surface area (Å²) in [6.45, 7) is 0.755. The van der Waals surface area contributed by atoms with E-state index in [1.54, 1.807) is 6.20 Å². The Labute approximate surface area is 122 Å². The lowest BCUT2D eigenvalue weighted by atomic mass is 9.94. The number of aliphatic hydroxyl groups excluding tert-OH is 1. The SMILES string of the molecule is CNc1ncc(Br)c(N(CCO)C2CCCCC2)n1. The molecule has 0 atom stereocenters. The van der Waals surface area contributed by atoms with Gasteiger partial charge in [0.15, 0.2) is 0 Å². The molecule has 0 unspecified atom stereocenters. The second-order valence-corrected chi connectivity index (χ2v) is 5.68. The highest BCUT2D eigenvalue weighted by Gasteiger charge is 2.24. The van der Waals surface area contributed by atoms with Crippen LogP contribution in [0.2, 0.25) is 0 Å². The van der Waals surface area contributed by atoms with Crippen molar-refractivity contribution in [2.24, 2.45) is 0 Å². The third-order valence-electron chi connectivity index (χ3n) is 3.58. The Kier molecular flexibility index (Phi) is 5.39. The first-order valence-corrected chi connectivity index (χ1v) is 7.63. The molecule has 1 heterocycles. The molecule has 106 valence electrons. The molecule has 1 aromatic rings. The topological polar surface area (TPSA) is 61.3 Å². The van der Waals surface area contributed by atoms with Crippen molar-refractivity contribution in [3.8, 4) is 0 Å². The Morgan fingerprint density at radius 1 is 1.42 bits per heavy atom. The molecule has 0 aromatic carbocycles. The summed E-state index contributed by atoms with van der Waals surface area (Å²) in [4.78, 5) is 10.9. The normalized spacial score (nSPS) is 16.4. The summed E-state index contributed by atoms with van der Waals surface area (Å²) in [5.41, 5.74) is 0. The van der Waals surface area contributed by atoms with Crippen LogP contribution in [0.4, 0.5) is 11.8 Å². The molecule has 0 spiro atoms. The molecule has 5 nitrogen and oxygen atoms in total. The number of aromatic nitrogens is 2. The summed E-state index contributed by atoms with van der Waals surface area (Å²) in [5, 5.41) is 12.3. The number of nitrogens with zero attached hydrogens (tertiary/aromatic N) is 3. The minimum absolute atomic E-state index is 0.141. The van der Waals surface area contributed by atoms with Gasteiger partial charge in [-0.05, 0) is 28.8 Å². The van der Waals surface area contributed by atoms with Gasteiger partial charge in [0.2, 0.25) is 5.95 Å². The molecule has 0 amide bonds. The van der Waals surface area contributed by atoms with E-state index in [9.17, 15) is 5.11 Å². The number of anilines is 2. The molecule has 0 bridgehead atoms. The molecule has 1 aliphatic carbocycles. The van der Waals surface area contributed by atoms with Gasteiger partial charge in [0.25, 0.3) is 0 Å². The van der Waals surface area contributed by atoms with Crippen molar-refractivity contribution in [2.45, 2.75) is 38.1 Å². The third-order valence-corrected chi connectivity index (χ3v) is 4.14. The Morgan fingerprint density at radius 2 is 2.16 bits per heavy atom. The minimum Gasteiger partial charge on any atom is -0.395 e. The fourth-order valence-corrected chi connectivity index (χ4v) is 3.06. The van der Waals surface area contributed by atoms with E-state index in [0.29, 0.717) is 18.5 Å². The third kappa shape index (κ3) is 3.57. The molecule has 2 N–H and O–H groups in total. The van der Waals surface area contributed by atoms with Gasteiger partial charge in [0.05, 0.1) is 11.1 Å². The van der Waals surface area contributed by atoms with E-state index in [1.165, 1.54) is 32.1 Å². The van der Waals surface area contributed by atoms with Crippen LogP contribution in [-0.4, -0.2) is 41.3 Å². The van der Waals surface area contributed by atoms with Gasteiger partial charge < -0.3 is 15.3 Å². The fraction of sp³-hybridized carbons (Fsp3) is 0.692. The van der Waals surface area contributed by atoms with E-state index in [0.717, 1.165) is 10.3 Å². The molecular formula is C13H21BrN4O. The zero-order valence-corrected chi connectivity index (χ0v) is 12.9. The van der Waals surface area contributed by atoms with Crippen molar-refractivity contribution >= 4 is 27.7 Å². The zero-order chi connectivity index (χ0) is 13.7. The maximum Gasteiger partial charge on any atom is 0.224 e. The highest BCUT2D eigenvalue weighted by Crippen LogP contribution is 2.30. The van der Waals surface area contributed by atoms with Gasteiger partial charge in [-0.25, -0.2) is 4.98 Å². The highest BCUT2D eigenvalue weighted by atomic mass is 79.9. The Balaban J connectivity index is 2.26. The quantitative estimate of drug-likeness (QED) is 0.869. The first kappa shape index (κ1) is 14.5. The lowest BCUT2D eigenvalue weighted by Gasteiger charge is -2.35. The van der Waals surface area contributed by atoms with E-state index < -0.39 is 0 Å². The first-order valence-electron chi connectivity index (χ1n) is 6.84. The smallest absolute Gasteiger partial charge is 0.224 e. The summed E-state index contributed by atoms with van der Waals surface area (Å²) in [6, 6.07) is 0.469. The number of hydrogen-bond acceptors (Lipinski definition) is 5. The van der Waals surface area contributed by atoms with Crippen molar-refractivity contribution in [3.63, 3.8) is 0 Å². The second-order valence-electron chi connectivity index (χ2n) is 4.82. The summed E-state index contributed by atoms with van der Waals surface area (Å²) >= 11 is 3.52. The van der Waals surface area contributed by atoms with Gasteiger partial charge in [-0.2, -0.15) is 4.98 Å². The number of rotatable bonds is 5. The van der Waals surface area contributed by atoms with Crippen LogP contribution in [0.3, 0.4) is 0 Å². The van der Waals surface area contributed by atoms with Crippen LogP contribution in [0.15, 0.2) is 10.7 Å². The van der Waals surface area contributed by atoms with Gasteiger partial charge in [-0.3, -0.25) is 0 Å². The Morgan fingerprint density at radius 3 is 2.79 bits per heavy atom. The van der Waals surface area contributed by atoms with E-state index in [1.807, 2.05) is 7.05 Å². The molecule has 0 aliphatic heterocycles. The molecule has 2 rings (SSSR count). The predicted molar refractivity (Wildman–Crippen MR) is 80.6 cm³/mol. The minimum atomic E-state index is 0.141. The van der Waals surface area contributed by atoms with E-state index in [2.05, 4.69) is 36.1 Å². The van der Waals surface area contributed by atoms with Crippen molar-refractivity contribution in [1.82, 2.24) is 9.97 Å². The Hall–Kier alpha value is -0.880. The van der Waals surface area contributed by atoms with Crippen LogP contribution < -0.4 is 10.2 Å². The molecule has 6 heteroatoms. The average molecular weight is 329 g/mol. The lowest BCUT2D eigenvalue weighted by molar-refractivity contribution is 0.289. The maximum absolute atomic E-state index is 9.33. The van der Waals surface area contributed by atoms with E-state index in [-0.39, 0.29) is 6.61 Å². The summed E-state index contributed by atoms with van der Waals surface area (Å²) in [7, 11) is 1.81. The van der Waals surface area contributed by atoms with E-state index in [4.69, 9.17) is 0 Å². The lowest BCUT2D eigenvalue weighted by Crippen LogP contribution is -2.39. The monoisotopic (exact) mass is 328 g/mol. The molecule has 19 heavy (non-hydrogen) atoms. The number of nitrogens with one attached hydrogen (secondary N) is 1. The first-order chi connectivity index (χ1) is 9.26. The Bertz CT molecular complexity index is 410. The van der Waals surface area contributed by atoms with Crippen LogP contribution >= 0.6 is 15.9 Å². The van der Waals surface area contributed by atoms with Crippen molar-refractivity contribution in [1.29, 1.82) is 0 Å². The standard InChI is InChI=1S/C13H21BrN4O/c1-15-13-16-9-11(14)12(17-13)18(7-8-19)10-5-3-2-4-6-10/h9-10,19H,2-8H2,1H3,(H,15,16,17). The van der Waals surface area contributed by atoms with Gasteiger partial charge in [-0.1, -0.05) is 19.3 Å². The summed E-state index contributed by atoms with van der Waals surface area (Å²) in [6.07, 6.45) is 7.94. The van der Waals surface area contributed by atoms with Crippen molar-refractivity contribution in [2.75, 3.05) is 30.4 Å². The van der Waals surface area contributed by atoms with Crippen LogP contribution in [-0.2, 0) is 0 Å². The van der Waals surface area contributed by atoms with Crippen LogP contribution in [0.1, 0.15) is 32.1 Å². The molecule has 1 saturated carbocycles. The zero-order valence-electron chi connectivity index (χ0n) is 11.3. The molecule has 0 radical (unpaired) electrons. The maximum atomic E-state index is 9.33. The van der Waals surface area contributed by atoms with E-state index >= 15 is 0 Å². The average Bonchev–Trinajstić information content (AvgIpc) is 2.47. The number of halogens is 1. The van der Waals surface area contributed by atoms with Gasteiger partial charge in [-0.15, -0.1) is 0 Å². The van der Waals surface area contributed by atoms with Crippen molar-refractivity contribution in [3.05, 3.63) is 10.7 Å². The van der Waals surface area contributed by atoms with Crippen LogP contribution in [0, 0.1) is 0 Å². The molecular weight excluding hydrogens is 308 g/mol. The summed E-state index contributed by atoms with van der Waals surface area (Å²) < 4.78 is 0.880. The van der Waals surface area contributed by atoms with Gasteiger partial charge in [0.1, 0.15) is 5.82 Å². The van der Waals surface area contributed by atoms with Crippen LogP contribution in [0.5, 0.6) is 0 Å². The largest absolute Gasteiger partial charge is 0.395 e. The van der Waals surface area contributed by atoms with Crippen molar-refractivity contribution < 1.29 is 5.11 Å². The van der Waals surface area contributed by atoms with Crippen LogP contribution in [0.25, 0.3) is 0 Å². The number of hydrogen-bond donors (Lipinski definition) is 2. The highest BCUT2D eigenvalue weighted by molar-refractivity contribution is 9.10. The second kappa shape index (κ2) is 7.05. The predicted octanol–water partition coefficient (Wildman–Crippen LogP) is 2.41.